The number of hydrogen-bond donors (Lipinski definition) is 0. The smallest absolute Gasteiger partial charge is 0.0838 e. The van der Waals surface area contributed by atoms with E-state index in [0.29, 0.717) is 94.4 Å². The number of nitrogens with zero attached hydrogens (tertiary/aromatic N) is 3. The fraction of sp³-hybridized carbons (Fsp3) is 0.182. The molecule has 0 saturated carbocycles. The van der Waals surface area contributed by atoms with Gasteiger partial charge in [-0.15, -0.1) is 0 Å². The summed E-state index contributed by atoms with van der Waals surface area (Å²) in [5, 5.41) is 4.72. The van der Waals surface area contributed by atoms with Gasteiger partial charge in [-0.25, -0.2) is 0 Å². The highest BCUT2D eigenvalue weighted by Crippen LogP contribution is 2.55. The summed E-state index contributed by atoms with van der Waals surface area (Å²) in [6.45, 7) is 19.2. The predicted octanol–water partition coefficient (Wildman–Crippen LogP) is 30.3. The van der Waals surface area contributed by atoms with Crippen molar-refractivity contribution in [3.63, 3.8) is 0 Å². The number of hydrogen-bond acceptors (Lipinski definition) is 3. The average molecular weight is 1630 g/mol. The summed E-state index contributed by atoms with van der Waals surface area (Å²) in [4.78, 5) is 5.68. The van der Waals surface area contributed by atoms with Crippen LogP contribution >= 0.6 is 203 Å². The van der Waals surface area contributed by atoms with Crippen molar-refractivity contribution in [3.05, 3.63) is 253 Å². The highest BCUT2D eigenvalue weighted by molar-refractivity contribution is 9.11. The van der Waals surface area contributed by atoms with E-state index in [1.807, 2.05) is 24.3 Å². The normalized spacial score (nSPS) is 11.6. The van der Waals surface area contributed by atoms with Crippen molar-refractivity contribution < 1.29 is 0 Å². The maximum absolute atomic E-state index is 6.79. The minimum atomic E-state index is -0.156. The minimum absolute atomic E-state index is 0.138. The molecule has 9 aromatic rings. The van der Waals surface area contributed by atoms with E-state index in [2.05, 4.69) is 204 Å². The fourth-order valence-corrected chi connectivity index (χ4v) is 14.5. The van der Waals surface area contributed by atoms with Crippen LogP contribution in [-0.4, -0.2) is 0 Å². The third-order valence-electron chi connectivity index (χ3n) is 13.1. The van der Waals surface area contributed by atoms with Crippen LogP contribution in [-0.2, 0) is 16.2 Å². The zero-order valence-corrected chi connectivity index (χ0v) is 62.3. The lowest BCUT2D eigenvalue weighted by atomic mass is 9.87. The van der Waals surface area contributed by atoms with Gasteiger partial charge in [-0.1, -0.05) is 290 Å². The monoisotopic (exact) mass is 1620 g/mol. The van der Waals surface area contributed by atoms with Gasteiger partial charge in [-0.3, -0.25) is 0 Å². The third-order valence-corrected chi connectivity index (χ3v) is 18.6. The lowest BCUT2D eigenvalue weighted by Crippen LogP contribution is -2.16. The first kappa shape index (κ1) is 70.2. The first-order valence-corrected chi connectivity index (χ1v) is 33.6. The van der Waals surface area contributed by atoms with Gasteiger partial charge >= 0.3 is 0 Å². The Kier molecular flexibility index (Phi) is 24.3. The average Bonchev–Trinajstić information content (AvgIpc) is 2.60. The number of rotatable bonds is 9. The summed E-state index contributed by atoms with van der Waals surface area (Å²) in [5.41, 5.74) is 9.41. The van der Waals surface area contributed by atoms with Crippen molar-refractivity contribution >= 4 is 254 Å². The first-order valence-electron chi connectivity index (χ1n) is 25.9. The van der Waals surface area contributed by atoms with Gasteiger partial charge in [0, 0.05) is 35.0 Å². The Morgan fingerprint density at radius 2 is 0.447 bits per heavy atom. The Labute approximate surface area is 593 Å². The van der Waals surface area contributed by atoms with Gasteiger partial charge in [0.2, 0.25) is 0 Å². The second-order valence-electron chi connectivity index (χ2n) is 22.4. The predicted molar refractivity (Wildman–Crippen MR) is 390 cm³/mol. The van der Waals surface area contributed by atoms with E-state index in [1.165, 1.54) is 5.56 Å². The van der Waals surface area contributed by atoms with Crippen molar-refractivity contribution in [1.29, 1.82) is 0 Å². The molecule has 0 fully saturated rings. The van der Waals surface area contributed by atoms with E-state index in [-0.39, 0.29) is 16.2 Å². The van der Waals surface area contributed by atoms with Crippen LogP contribution in [0, 0.1) is 0 Å². The summed E-state index contributed by atoms with van der Waals surface area (Å²) in [6.07, 6.45) is 0. The molecule has 3 nitrogen and oxygen atoms in total. The largest absolute Gasteiger partial charge is 0.311 e. The Bertz CT molecular complexity index is 3590. The molecule has 0 aliphatic heterocycles. The number of para-hydroxylation sites is 2. The highest BCUT2D eigenvalue weighted by Gasteiger charge is 2.31. The molecule has 0 atom stereocenters. The molecule has 0 aromatic heterocycles. The second kappa shape index (κ2) is 29.4. The number of anilines is 9. The molecular weight excluding hydrogens is 1580 g/mol. The van der Waals surface area contributed by atoms with Crippen LogP contribution < -0.4 is 14.7 Å². The van der Waals surface area contributed by atoms with Crippen LogP contribution in [0.2, 0.25) is 60.3 Å². The SMILES string of the molecule is CC(C)(C)c1cc(Cl)c(N(c2c(Cl)cc(Br)cc2Cl)c2c(Cl)cc(Br)cc2Cl)c(Cl)c1.CC(C)(C)c1cc(Cl)c(N(c2c(Cl)cccc2Cl)c2c(Cl)cccc2Cl)c(Cl)c1.CC(C)(C)c1ccc(N(c2ccc(Br)cc2)c2ccc(Br)cc2)cc1. The quantitative estimate of drug-likeness (QED) is 0.143. The van der Waals surface area contributed by atoms with E-state index in [0.717, 1.165) is 46.1 Å². The van der Waals surface area contributed by atoms with Gasteiger partial charge in [-0.05, 0) is 166 Å². The van der Waals surface area contributed by atoms with Gasteiger partial charge in [0.25, 0.3) is 0 Å². The molecule has 0 aliphatic carbocycles. The van der Waals surface area contributed by atoms with Crippen molar-refractivity contribution in [2.45, 2.75) is 78.6 Å². The van der Waals surface area contributed by atoms with E-state index in [4.69, 9.17) is 139 Å². The molecule has 0 N–H and O–H groups in total. The van der Waals surface area contributed by atoms with Gasteiger partial charge in [0.1, 0.15) is 0 Å². The molecule has 9 rings (SSSR count). The van der Waals surface area contributed by atoms with Crippen molar-refractivity contribution in [1.82, 2.24) is 0 Å². The summed E-state index contributed by atoms with van der Waals surface area (Å²) in [5.74, 6) is 0. The first-order chi connectivity index (χ1) is 39.7. The Hall–Kier alpha value is -2.22. The maximum atomic E-state index is 6.79. The fourth-order valence-electron chi connectivity index (χ4n) is 8.73. The lowest BCUT2D eigenvalue weighted by Gasteiger charge is -2.31. The van der Waals surface area contributed by atoms with Crippen LogP contribution in [0.1, 0.15) is 79.0 Å². The molecule has 85 heavy (non-hydrogen) atoms. The standard InChI is InChI=1S/C22H15Br2Cl6N.C22H21Br2N.C22H17Cl6N/c1-22(2,3)10-4-13(25)19(14(26)5-10)31(20-15(27)6-11(23)7-16(20)28)21-17(29)8-12(24)9-18(21)30;1-22(2,3)16-4-10-19(11-5-16)25(20-12-6-17(23)7-13-20)21-14-8-18(24)9-15-21;1-22(2,3)12-10-17(27)21(18(28)11-12)29(19-13(23)6-4-7-14(19)24)20-15(25)8-5-9-16(20)26/h4-9H,1-3H3;4-15H,1-3H3;4-11H,1-3H3. The molecule has 0 unspecified atom stereocenters. The van der Waals surface area contributed by atoms with E-state index < -0.39 is 0 Å². The number of benzene rings is 9. The van der Waals surface area contributed by atoms with Gasteiger partial charge in [0.15, 0.2) is 0 Å². The minimum Gasteiger partial charge on any atom is -0.311 e. The Balaban J connectivity index is 0.000000184. The number of halogens is 16. The maximum Gasteiger partial charge on any atom is 0.0838 e. The van der Waals surface area contributed by atoms with Crippen LogP contribution in [0.3, 0.4) is 0 Å². The molecule has 9 aromatic carbocycles. The van der Waals surface area contributed by atoms with E-state index >= 15 is 0 Å². The molecule has 0 bridgehead atoms. The van der Waals surface area contributed by atoms with E-state index in [9.17, 15) is 0 Å². The zero-order chi connectivity index (χ0) is 62.8. The van der Waals surface area contributed by atoms with Crippen LogP contribution in [0.4, 0.5) is 51.2 Å². The van der Waals surface area contributed by atoms with Crippen LogP contribution in [0.25, 0.3) is 0 Å². The molecule has 0 radical (unpaired) electrons. The topological polar surface area (TPSA) is 9.72 Å². The molecule has 0 saturated heterocycles. The van der Waals surface area contributed by atoms with Crippen molar-refractivity contribution in [2.24, 2.45) is 0 Å². The summed E-state index contributed by atoms with van der Waals surface area (Å²) >= 11 is 93.6. The van der Waals surface area contributed by atoms with Gasteiger partial charge < -0.3 is 14.7 Å². The second-order valence-corrected chi connectivity index (χ2v) is 31.0. The lowest BCUT2D eigenvalue weighted by molar-refractivity contribution is 0.590. The molecule has 0 amide bonds. The molecule has 0 spiro atoms. The van der Waals surface area contributed by atoms with Crippen molar-refractivity contribution in [2.75, 3.05) is 14.7 Å². The zero-order valence-electron chi connectivity index (χ0n) is 46.9. The van der Waals surface area contributed by atoms with E-state index in [1.54, 1.807) is 70.5 Å². The van der Waals surface area contributed by atoms with Crippen LogP contribution in [0.15, 0.2) is 176 Å². The van der Waals surface area contributed by atoms with Gasteiger partial charge in [-0.2, -0.15) is 0 Å². The molecule has 444 valence electrons. The highest BCUT2D eigenvalue weighted by atomic mass is 79.9. The molecule has 0 heterocycles. The third kappa shape index (κ3) is 17.2. The summed E-state index contributed by atoms with van der Waals surface area (Å²) < 4.78 is 3.60. The molecule has 19 heteroatoms. The summed E-state index contributed by atoms with van der Waals surface area (Å²) in [7, 11) is 0. The van der Waals surface area contributed by atoms with Gasteiger partial charge in [0.05, 0.1) is 94.4 Å². The Morgan fingerprint density at radius 1 is 0.235 bits per heavy atom. The Morgan fingerprint density at radius 3 is 0.682 bits per heavy atom. The summed E-state index contributed by atoms with van der Waals surface area (Å²) in [6, 6.07) is 50.5. The molecule has 0 aliphatic rings. The van der Waals surface area contributed by atoms with Crippen molar-refractivity contribution in [3.8, 4) is 0 Å². The molecular formula is C66H53Br4Cl12N3. The van der Waals surface area contributed by atoms with Crippen LogP contribution in [0.5, 0.6) is 0 Å².